The van der Waals surface area contributed by atoms with Crippen molar-refractivity contribution in [1.29, 1.82) is 0 Å². The highest BCUT2D eigenvalue weighted by Gasteiger charge is 2.67. The largest absolute Gasteiger partial charge is 0.465 e. The topological polar surface area (TPSA) is 55.8 Å². The third kappa shape index (κ3) is 2.49. The SMILES string of the molecule is Cc1cccc(N2C[C@@]34C=C[C@@H](O3)[C@@H](C(=O)OCC(C)C)[C@H]4C2=O)c1. The number of amides is 1. The van der Waals surface area contributed by atoms with Gasteiger partial charge in [0.1, 0.15) is 11.5 Å². The molecule has 4 rings (SSSR count). The second-order valence-electron chi connectivity index (χ2n) is 7.69. The highest BCUT2D eigenvalue weighted by Crippen LogP contribution is 2.52. The van der Waals surface area contributed by atoms with Crippen LogP contribution in [0.5, 0.6) is 0 Å². The molecule has 25 heavy (non-hydrogen) atoms. The van der Waals surface area contributed by atoms with Crippen LogP contribution < -0.4 is 4.90 Å². The molecule has 3 aliphatic rings. The van der Waals surface area contributed by atoms with Crippen LogP contribution in [0.25, 0.3) is 0 Å². The highest BCUT2D eigenvalue weighted by atomic mass is 16.6. The van der Waals surface area contributed by atoms with Crippen molar-refractivity contribution in [2.75, 3.05) is 18.1 Å². The number of aryl methyl sites for hydroxylation is 1. The first-order valence-electron chi connectivity index (χ1n) is 8.83. The molecule has 2 bridgehead atoms. The second kappa shape index (κ2) is 5.70. The Morgan fingerprint density at radius 1 is 1.44 bits per heavy atom. The Balaban J connectivity index is 1.62. The number of carbonyl (C=O) groups excluding carboxylic acids is 2. The molecule has 132 valence electrons. The Bertz CT molecular complexity index is 756. The van der Waals surface area contributed by atoms with E-state index in [4.69, 9.17) is 9.47 Å². The van der Waals surface area contributed by atoms with Gasteiger partial charge in [0, 0.05) is 5.69 Å². The zero-order chi connectivity index (χ0) is 17.8. The van der Waals surface area contributed by atoms with Crippen LogP contribution >= 0.6 is 0 Å². The Morgan fingerprint density at radius 2 is 2.24 bits per heavy atom. The van der Waals surface area contributed by atoms with E-state index in [0.29, 0.717) is 13.2 Å². The summed E-state index contributed by atoms with van der Waals surface area (Å²) in [5, 5.41) is 0. The van der Waals surface area contributed by atoms with E-state index in [0.717, 1.165) is 11.3 Å². The number of hydrogen-bond acceptors (Lipinski definition) is 4. The second-order valence-corrected chi connectivity index (χ2v) is 7.69. The van der Waals surface area contributed by atoms with Crippen molar-refractivity contribution in [2.24, 2.45) is 17.8 Å². The fraction of sp³-hybridized carbons (Fsp3) is 0.500. The zero-order valence-corrected chi connectivity index (χ0v) is 14.8. The van der Waals surface area contributed by atoms with E-state index in [1.807, 2.05) is 57.2 Å². The van der Waals surface area contributed by atoms with Crippen LogP contribution in [0.2, 0.25) is 0 Å². The van der Waals surface area contributed by atoms with Gasteiger partial charge in [0.05, 0.1) is 25.2 Å². The summed E-state index contributed by atoms with van der Waals surface area (Å²) in [5.74, 6) is -1.16. The molecule has 0 aliphatic carbocycles. The first kappa shape index (κ1) is 16.3. The first-order valence-corrected chi connectivity index (χ1v) is 8.83. The fourth-order valence-corrected chi connectivity index (χ4v) is 4.13. The molecule has 5 nitrogen and oxygen atoms in total. The molecule has 0 unspecified atom stereocenters. The number of ether oxygens (including phenoxy) is 2. The van der Waals surface area contributed by atoms with Gasteiger partial charge in [-0.15, -0.1) is 0 Å². The van der Waals surface area contributed by atoms with E-state index >= 15 is 0 Å². The van der Waals surface area contributed by atoms with Crippen molar-refractivity contribution in [3.05, 3.63) is 42.0 Å². The van der Waals surface area contributed by atoms with Crippen LogP contribution in [0, 0.1) is 24.7 Å². The molecule has 2 fully saturated rings. The minimum absolute atomic E-state index is 0.0519. The molecule has 1 aromatic carbocycles. The van der Waals surface area contributed by atoms with Gasteiger partial charge in [-0.05, 0) is 30.5 Å². The van der Waals surface area contributed by atoms with E-state index in [9.17, 15) is 9.59 Å². The number of esters is 1. The van der Waals surface area contributed by atoms with Crippen molar-refractivity contribution in [3.8, 4) is 0 Å². The minimum atomic E-state index is -0.701. The van der Waals surface area contributed by atoms with E-state index in [1.165, 1.54) is 0 Å². The summed E-state index contributed by atoms with van der Waals surface area (Å²) in [5.41, 5.74) is 1.24. The summed E-state index contributed by atoms with van der Waals surface area (Å²) in [4.78, 5) is 27.5. The van der Waals surface area contributed by atoms with E-state index in [1.54, 1.807) is 4.90 Å². The molecule has 0 aromatic heterocycles. The lowest BCUT2D eigenvalue weighted by Gasteiger charge is -2.23. The molecular weight excluding hydrogens is 318 g/mol. The van der Waals surface area contributed by atoms with E-state index < -0.39 is 17.4 Å². The highest BCUT2D eigenvalue weighted by molar-refractivity contribution is 6.02. The number of fused-ring (bicyclic) bond motifs is 1. The lowest BCUT2D eigenvalue weighted by Crippen LogP contribution is -2.40. The van der Waals surface area contributed by atoms with Crippen LogP contribution in [0.15, 0.2) is 36.4 Å². The normalized spacial score (nSPS) is 32.6. The molecule has 4 atom stereocenters. The third-order valence-corrected chi connectivity index (χ3v) is 5.24. The summed E-state index contributed by atoms with van der Waals surface area (Å²) in [6.07, 6.45) is 3.51. The van der Waals surface area contributed by atoms with Gasteiger partial charge in [-0.1, -0.05) is 38.1 Å². The van der Waals surface area contributed by atoms with Gasteiger partial charge >= 0.3 is 5.97 Å². The molecule has 5 heteroatoms. The average Bonchev–Trinajstić information content (AvgIpc) is 3.21. The third-order valence-electron chi connectivity index (χ3n) is 5.24. The molecule has 2 saturated heterocycles. The van der Waals surface area contributed by atoms with Crippen LogP contribution in [0.3, 0.4) is 0 Å². The molecule has 0 N–H and O–H groups in total. The first-order chi connectivity index (χ1) is 11.9. The molecule has 1 spiro atoms. The number of nitrogens with zero attached hydrogens (tertiary/aromatic N) is 1. The van der Waals surface area contributed by atoms with Gasteiger partial charge in [-0.25, -0.2) is 0 Å². The Kier molecular flexibility index (Phi) is 3.72. The monoisotopic (exact) mass is 341 g/mol. The quantitative estimate of drug-likeness (QED) is 0.624. The molecule has 0 saturated carbocycles. The van der Waals surface area contributed by atoms with Gasteiger partial charge in [0.15, 0.2) is 0 Å². The van der Waals surface area contributed by atoms with Crippen LogP contribution in [-0.4, -0.2) is 36.7 Å². The smallest absolute Gasteiger partial charge is 0.312 e. The van der Waals surface area contributed by atoms with E-state index in [2.05, 4.69) is 0 Å². The number of anilines is 1. The summed E-state index contributed by atoms with van der Waals surface area (Å²) in [6.45, 7) is 6.79. The van der Waals surface area contributed by atoms with Gasteiger partial charge in [-0.3, -0.25) is 9.59 Å². The molecule has 1 amide bonds. The maximum Gasteiger partial charge on any atom is 0.312 e. The summed E-state index contributed by atoms with van der Waals surface area (Å²) in [7, 11) is 0. The van der Waals surface area contributed by atoms with Gasteiger partial charge in [-0.2, -0.15) is 0 Å². The van der Waals surface area contributed by atoms with Crippen molar-refractivity contribution in [1.82, 2.24) is 0 Å². The van der Waals surface area contributed by atoms with Crippen molar-refractivity contribution < 1.29 is 19.1 Å². The standard InChI is InChI=1S/C20H23NO4/c1-12(2)10-24-19(23)16-15-7-8-20(25-15)11-21(18(22)17(16)20)14-6-4-5-13(3)9-14/h4-9,12,15-17H,10-11H2,1-3H3/t15-,16-,17+,20-/m1/s1. The van der Waals surface area contributed by atoms with Crippen molar-refractivity contribution in [3.63, 3.8) is 0 Å². The maximum absolute atomic E-state index is 13.1. The van der Waals surface area contributed by atoms with Crippen LogP contribution in [0.1, 0.15) is 19.4 Å². The summed E-state index contributed by atoms with van der Waals surface area (Å²) >= 11 is 0. The average molecular weight is 341 g/mol. The predicted molar refractivity (Wildman–Crippen MR) is 93.1 cm³/mol. The fourth-order valence-electron chi connectivity index (χ4n) is 4.13. The predicted octanol–water partition coefficient (Wildman–Crippen LogP) is 2.48. The van der Waals surface area contributed by atoms with Gasteiger partial charge in [0.25, 0.3) is 0 Å². The van der Waals surface area contributed by atoms with Crippen LogP contribution in [0.4, 0.5) is 5.69 Å². The number of rotatable bonds is 4. The molecule has 1 aromatic rings. The van der Waals surface area contributed by atoms with Gasteiger partial charge in [0.2, 0.25) is 5.91 Å². The maximum atomic E-state index is 13.1. The lowest BCUT2D eigenvalue weighted by molar-refractivity contribution is -0.153. The summed E-state index contributed by atoms with van der Waals surface area (Å²) < 4.78 is 11.5. The van der Waals surface area contributed by atoms with Gasteiger partial charge < -0.3 is 14.4 Å². The Labute approximate surface area is 147 Å². The molecule has 3 heterocycles. The molecule has 3 aliphatic heterocycles. The number of hydrogen-bond donors (Lipinski definition) is 0. The number of benzene rings is 1. The molecular formula is C20H23NO4. The zero-order valence-electron chi connectivity index (χ0n) is 14.8. The summed E-state index contributed by atoms with van der Waals surface area (Å²) in [6, 6.07) is 7.84. The van der Waals surface area contributed by atoms with Crippen molar-refractivity contribution in [2.45, 2.75) is 32.5 Å². The van der Waals surface area contributed by atoms with Crippen LogP contribution in [-0.2, 0) is 19.1 Å². The van der Waals surface area contributed by atoms with E-state index in [-0.39, 0.29) is 23.9 Å². The minimum Gasteiger partial charge on any atom is -0.465 e. The molecule has 0 radical (unpaired) electrons. The lowest BCUT2D eigenvalue weighted by atomic mass is 9.77. The Morgan fingerprint density at radius 3 is 2.96 bits per heavy atom. The Hall–Kier alpha value is -2.14. The van der Waals surface area contributed by atoms with Crippen molar-refractivity contribution >= 4 is 17.6 Å². The number of carbonyl (C=O) groups is 2.